The van der Waals surface area contributed by atoms with Crippen LogP contribution in [0.25, 0.3) is 10.7 Å². The van der Waals surface area contributed by atoms with Gasteiger partial charge in [-0.2, -0.15) is 4.98 Å². The van der Waals surface area contributed by atoms with Crippen molar-refractivity contribution in [1.29, 1.82) is 0 Å². The molecule has 4 nitrogen and oxygen atoms in total. The Morgan fingerprint density at radius 2 is 2.14 bits per heavy atom. The van der Waals surface area contributed by atoms with E-state index in [1.54, 1.807) is 11.3 Å². The van der Waals surface area contributed by atoms with Gasteiger partial charge in [0.15, 0.2) is 0 Å². The van der Waals surface area contributed by atoms with E-state index in [9.17, 15) is 0 Å². The predicted octanol–water partition coefficient (Wildman–Crippen LogP) is 4.23. The fourth-order valence-corrected chi connectivity index (χ4v) is 3.89. The van der Waals surface area contributed by atoms with Crippen molar-refractivity contribution >= 4 is 22.7 Å². The molecule has 0 aliphatic rings. The highest BCUT2D eigenvalue weighted by Gasteiger charge is 2.10. The van der Waals surface area contributed by atoms with Crippen molar-refractivity contribution in [3.05, 3.63) is 45.3 Å². The summed E-state index contributed by atoms with van der Waals surface area (Å²) in [5.74, 6) is 1.43. The molecule has 3 heterocycles. The summed E-state index contributed by atoms with van der Waals surface area (Å²) in [5, 5.41) is 8.22. The van der Waals surface area contributed by atoms with Gasteiger partial charge in [0.25, 0.3) is 0 Å². The standard InChI is InChI=1S/C16H19N3OS2/c1-12-7-10-22-14(12)11-19(2)8-3-6-15-17-16(18-20-15)13-5-4-9-21-13/h4-5,7,9-10H,3,6,8,11H2,1-2H3. The molecule has 22 heavy (non-hydrogen) atoms. The molecule has 0 saturated heterocycles. The SMILES string of the molecule is Cc1ccsc1CN(C)CCCc1nc(-c2cccs2)no1. The van der Waals surface area contributed by atoms with Crippen molar-refractivity contribution in [2.75, 3.05) is 13.6 Å². The first kappa shape index (κ1) is 15.4. The van der Waals surface area contributed by atoms with Crippen LogP contribution < -0.4 is 0 Å². The van der Waals surface area contributed by atoms with E-state index in [4.69, 9.17) is 4.52 Å². The molecule has 3 aromatic rings. The molecule has 0 fully saturated rings. The number of nitrogens with zero attached hydrogens (tertiary/aromatic N) is 3. The Morgan fingerprint density at radius 3 is 2.86 bits per heavy atom. The van der Waals surface area contributed by atoms with Crippen molar-refractivity contribution < 1.29 is 4.52 Å². The Morgan fingerprint density at radius 1 is 1.23 bits per heavy atom. The molecule has 0 N–H and O–H groups in total. The fraction of sp³-hybridized carbons (Fsp3) is 0.375. The van der Waals surface area contributed by atoms with Crippen LogP contribution >= 0.6 is 22.7 Å². The van der Waals surface area contributed by atoms with Crippen molar-refractivity contribution in [2.24, 2.45) is 0 Å². The van der Waals surface area contributed by atoms with Crippen molar-refractivity contribution in [2.45, 2.75) is 26.3 Å². The highest BCUT2D eigenvalue weighted by molar-refractivity contribution is 7.13. The Balaban J connectivity index is 1.46. The van der Waals surface area contributed by atoms with Crippen LogP contribution in [0, 0.1) is 6.92 Å². The Hall–Kier alpha value is -1.50. The maximum atomic E-state index is 5.32. The quantitative estimate of drug-likeness (QED) is 0.649. The van der Waals surface area contributed by atoms with Gasteiger partial charge in [0.1, 0.15) is 0 Å². The Labute approximate surface area is 138 Å². The van der Waals surface area contributed by atoms with E-state index in [0.29, 0.717) is 5.82 Å². The molecule has 0 saturated carbocycles. The zero-order valence-electron chi connectivity index (χ0n) is 12.8. The lowest BCUT2D eigenvalue weighted by atomic mass is 10.2. The summed E-state index contributed by atoms with van der Waals surface area (Å²) in [5.41, 5.74) is 1.38. The molecule has 0 atom stereocenters. The Kier molecular flexibility index (Phi) is 5.02. The molecule has 0 amide bonds. The first-order chi connectivity index (χ1) is 10.7. The van der Waals surface area contributed by atoms with Gasteiger partial charge in [-0.1, -0.05) is 11.2 Å². The summed E-state index contributed by atoms with van der Waals surface area (Å²) in [6, 6.07) is 6.19. The number of thiophene rings is 2. The van der Waals surface area contributed by atoms with Gasteiger partial charge in [-0.25, -0.2) is 0 Å². The fourth-order valence-electron chi connectivity index (χ4n) is 2.25. The van der Waals surface area contributed by atoms with Crippen molar-refractivity contribution in [1.82, 2.24) is 15.0 Å². The number of aromatic nitrogens is 2. The molecule has 3 aromatic heterocycles. The average molecular weight is 333 g/mol. The summed E-state index contributed by atoms with van der Waals surface area (Å²) in [6.07, 6.45) is 1.85. The topological polar surface area (TPSA) is 42.2 Å². The number of hydrogen-bond acceptors (Lipinski definition) is 6. The minimum atomic E-state index is 0.701. The first-order valence-electron chi connectivity index (χ1n) is 7.30. The Bertz CT molecular complexity index is 703. The van der Waals surface area contributed by atoms with Gasteiger partial charge >= 0.3 is 0 Å². The highest BCUT2D eigenvalue weighted by Crippen LogP contribution is 2.21. The second-order valence-corrected chi connectivity index (χ2v) is 7.31. The van der Waals surface area contributed by atoms with E-state index in [1.807, 2.05) is 28.8 Å². The highest BCUT2D eigenvalue weighted by atomic mass is 32.1. The van der Waals surface area contributed by atoms with Gasteiger partial charge < -0.3 is 9.42 Å². The van der Waals surface area contributed by atoms with Gasteiger partial charge in [0.05, 0.1) is 4.88 Å². The van der Waals surface area contributed by atoms with Gasteiger partial charge in [-0.15, -0.1) is 22.7 Å². The lowest BCUT2D eigenvalue weighted by Gasteiger charge is -2.15. The van der Waals surface area contributed by atoms with E-state index < -0.39 is 0 Å². The molecule has 3 rings (SSSR count). The van der Waals surface area contributed by atoms with Crippen molar-refractivity contribution in [3.63, 3.8) is 0 Å². The van der Waals surface area contributed by atoms with E-state index in [1.165, 1.54) is 10.4 Å². The maximum Gasteiger partial charge on any atom is 0.227 e. The van der Waals surface area contributed by atoms with Gasteiger partial charge in [-0.05, 0) is 55.4 Å². The molecule has 0 aliphatic carbocycles. The van der Waals surface area contributed by atoms with E-state index in [0.717, 1.165) is 36.7 Å². The third-order valence-corrected chi connectivity index (χ3v) is 5.40. The third-order valence-electron chi connectivity index (χ3n) is 3.52. The lowest BCUT2D eigenvalue weighted by Crippen LogP contribution is -2.19. The van der Waals surface area contributed by atoms with E-state index in [2.05, 4.69) is 40.5 Å². The number of aryl methyl sites for hydroxylation is 2. The molecule has 0 unspecified atom stereocenters. The van der Waals surface area contributed by atoms with Gasteiger partial charge in [-0.3, -0.25) is 0 Å². The second kappa shape index (κ2) is 7.17. The van der Waals surface area contributed by atoms with Crippen LogP contribution in [0.15, 0.2) is 33.5 Å². The van der Waals surface area contributed by atoms with Crippen LogP contribution in [0.1, 0.15) is 22.8 Å². The monoisotopic (exact) mass is 333 g/mol. The molecule has 0 radical (unpaired) electrons. The lowest BCUT2D eigenvalue weighted by molar-refractivity contribution is 0.311. The minimum absolute atomic E-state index is 0.701. The molecule has 0 aromatic carbocycles. The van der Waals surface area contributed by atoms with Crippen LogP contribution in [-0.2, 0) is 13.0 Å². The van der Waals surface area contributed by atoms with E-state index in [-0.39, 0.29) is 0 Å². The first-order valence-corrected chi connectivity index (χ1v) is 9.06. The maximum absolute atomic E-state index is 5.32. The molecule has 116 valence electrons. The van der Waals surface area contributed by atoms with Crippen LogP contribution in [0.5, 0.6) is 0 Å². The van der Waals surface area contributed by atoms with Crippen LogP contribution in [0.3, 0.4) is 0 Å². The van der Waals surface area contributed by atoms with Crippen LogP contribution in [-0.4, -0.2) is 28.6 Å². The van der Waals surface area contributed by atoms with Gasteiger partial charge in [0, 0.05) is 17.8 Å². The largest absolute Gasteiger partial charge is 0.339 e. The third kappa shape index (κ3) is 3.82. The summed E-state index contributed by atoms with van der Waals surface area (Å²) in [4.78, 5) is 9.30. The number of hydrogen-bond donors (Lipinski definition) is 0. The van der Waals surface area contributed by atoms with E-state index >= 15 is 0 Å². The summed E-state index contributed by atoms with van der Waals surface area (Å²) in [6.45, 7) is 4.20. The molecule has 6 heteroatoms. The molecule has 0 spiro atoms. The van der Waals surface area contributed by atoms with Crippen LogP contribution in [0.4, 0.5) is 0 Å². The minimum Gasteiger partial charge on any atom is -0.339 e. The predicted molar refractivity (Wildman–Crippen MR) is 91.3 cm³/mol. The van der Waals surface area contributed by atoms with Crippen LogP contribution in [0.2, 0.25) is 0 Å². The number of rotatable bonds is 7. The summed E-state index contributed by atoms with van der Waals surface area (Å²) < 4.78 is 5.32. The summed E-state index contributed by atoms with van der Waals surface area (Å²) in [7, 11) is 2.16. The molecular weight excluding hydrogens is 314 g/mol. The molecular formula is C16H19N3OS2. The van der Waals surface area contributed by atoms with Gasteiger partial charge in [0.2, 0.25) is 11.7 Å². The zero-order chi connectivity index (χ0) is 15.4. The second-order valence-electron chi connectivity index (χ2n) is 5.36. The smallest absolute Gasteiger partial charge is 0.227 e. The summed E-state index contributed by atoms with van der Waals surface area (Å²) >= 11 is 3.46. The molecule has 0 bridgehead atoms. The van der Waals surface area contributed by atoms with Crippen molar-refractivity contribution in [3.8, 4) is 10.7 Å². The average Bonchev–Trinajstić information content (AvgIpc) is 3.21. The normalized spacial score (nSPS) is 11.4. The zero-order valence-corrected chi connectivity index (χ0v) is 14.4. The molecule has 0 aliphatic heterocycles.